The number of unbranched alkanes of at least 4 members (excludes halogenated alkanes) is 1. The largest absolute Gasteiger partial charge is 0.481 e. The van der Waals surface area contributed by atoms with Crippen molar-refractivity contribution in [1.29, 1.82) is 0 Å². The minimum absolute atomic E-state index is 0.247. The molecular weight excluding hydrogens is 302 g/mol. The van der Waals surface area contributed by atoms with Gasteiger partial charge < -0.3 is 10.0 Å². The van der Waals surface area contributed by atoms with E-state index in [4.69, 9.17) is 10.2 Å². The number of aryl methyl sites for hydroxylation is 2. The highest BCUT2D eigenvalue weighted by Crippen LogP contribution is 2.21. The number of para-hydroxylation sites is 1. The molecule has 2 rings (SSSR count). The molecule has 0 unspecified atom stereocenters. The van der Waals surface area contributed by atoms with E-state index in [-0.39, 0.29) is 6.42 Å². The van der Waals surface area contributed by atoms with E-state index >= 15 is 0 Å². The van der Waals surface area contributed by atoms with Gasteiger partial charge in [0, 0.05) is 24.2 Å². The van der Waals surface area contributed by atoms with Crippen LogP contribution in [-0.4, -0.2) is 39.3 Å². The maximum absolute atomic E-state index is 10.6. The molecule has 2 aromatic rings. The maximum Gasteiger partial charge on any atom is 0.303 e. The van der Waals surface area contributed by atoms with Crippen molar-refractivity contribution in [2.24, 2.45) is 0 Å². The summed E-state index contributed by atoms with van der Waals surface area (Å²) in [5.41, 5.74) is 5.79. The third-order valence-corrected chi connectivity index (χ3v) is 4.39. The van der Waals surface area contributed by atoms with Crippen LogP contribution in [0.1, 0.15) is 41.8 Å². The lowest BCUT2D eigenvalue weighted by Crippen LogP contribution is -2.20. The molecule has 0 fully saturated rings. The second-order valence-corrected chi connectivity index (χ2v) is 6.44. The highest BCUT2D eigenvalue weighted by Gasteiger charge is 2.15. The molecule has 0 atom stereocenters. The zero-order chi connectivity index (χ0) is 17.7. The van der Waals surface area contributed by atoms with Crippen molar-refractivity contribution in [3.8, 4) is 5.69 Å². The summed E-state index contributed by atoms with van der Waals surface area (Å²) < 4.78 is 2.03. The summed E-state index contributed by atoms with van der Waals surface area (Å²) in [6.45, 7) is 7.98. The summed E-state index contributed by atoms with van der Waals surface area (Å²) >= 11 is 0. The Hall–Kier alpha value is -2.14. The fraction of sp³-hybridized carbons (Fsp3) is 0.474. The number of aromatic nitrogens is 2. The molecule has 0 aliphatic carbocycles. The van der Waals surface area contributed by atoms with Crippen molar-refractivity contribution in [3.63, 3.8) is 0 Å². The van der Waals surface area contributed by atoms with Gasteiger partial charge in [0.1, 0.15) is 0 Å². The number of benzene rings is 1. The van der Waals surface area contributed by atoms with Gasteiger partial charge in [0.2, 0.25) is 0 Å². The average Bonchev–Trinajstić information content (AvgIpc) is 2.80. The Morgan fingerprint density at radius 1 is 1.21 bits per heavy atom. The van der Waals surface area contributed by atoms with Crippen LogP contribution in [0, 0.1) is 20.8 Å². The minimum atomic E-state index is -0.719. The maximum atomic E-state index is 10.6. The molecule has 130 valence electrons. The van der Waals surface area contributed by atoms with Crippen LogP contribution < -0.4 is 0 Å². The molecule has 0 aliphatic heterocycles. The molecule has 0 spiro atoms. The highest BCUT2D eigenvalue weighted by atomic mass is 16.4. The second-order valence-electron chi connectivity index (χ2n) is 6.44. The van der Waals surface area contributed by atoms with Crippen LogP contribution in [0.5, 0.6) is 0 Å². The number of carbonyl (C=O) groups is 1. The van der Waals surface area contributed by atoms with Crippen LogP contribution in [0.2, 0.25) is 0 Å². The van der Waals surface area contributed by atoms with Crippen molar-refractivity contribution in [2.45, 2.75) is 46.6 Å². The smallest absolute Gasteiger partial charge is 0.303 e. The SMILES string of the molecule is Cc1ccccc1-n1nc(C)c(CN(C)CCCCC(=O)O)c1C. The Morgan fingerprint density at radius 2 is 1.92 bits per heavy atom. The zero-order valence-corrected chi connectivity index (χ0v) is 15.0. The summed E-state index contributed by atoms with van der Waals surface area (Å²) in [6, 6.07) is 8.26. The van der Waals surface area contributed by atoms with E-state index in [1.54, 1.807) is 0 Å². The average molecular weight is 329 g/mol. The summed E-state index contributed by atoms with van der Waals surface area (Å²) in [7, 11) is 2.07. The number of nitrogens with zero attached hydrogens (tertiary/aromatic N) is 3. The molecule has 0 aliphatic rings. The van der Waals surface area contributed by atoms with E-state index in [9.17, 15) is 4.79 Å². The molecule has 5 nitrogen and oxygen atoms in total. The first-order valence-electron chi connectivity index (χ1n) is 8.41. The van der Waals surface area contributed by atoms with E-state index in [1.165, 1.54) is 16.8 Å². The van der Waals surface area contributed by atoms with Gasteiger partial charge in [-0.2, -0.15) is 5.10 Å². The second kappa shape index (κ2) is 8.11. The summed E-state index contributed by atoms with van der Waals surface area (Å²) in [4.78, 5) is 12.8. The van der Waals surface area contributed by atoms with E-state index in [1.807, 2.05) is 16.8 Å². The van der Waals surface area contributed by atoms with Crippen LogP contribution in [0.3, 0.4) is 0 Å². The van der Waals surface area contributed by atoms with Gasteiger partial charge in [0.25, 0.3) is 0 Å². The van der Waals surface area contributed by atoms with Crippen molar-refractivity contribution in [3.05, 3.63) is 46.8 Å². The van der Waals surface area contributed by atoms with Gasteiger partial charge in [-0.3, -0.25) is 4.79 Å². The van der Waals surface area contributed by atoms with Crippen molar-refractivity contribution < 1.29 is 9.90 Å². The fourth-order valence-electron chi connectivity index (χ4n) is 2.95. The van der Waals surface area contributed by atoms with Crippen LogP contribution in [0.15, 0.2) is 24.3 Å². The first kappa shape index (κ1) is 18.2. The predicted octanol–water partition coefficient (Wildman–Crippen LogP) is 3.48. The summed E-state index contributed by atoms with van der Waals surface area (Å²) in [6.07, 6.45) is 1.87. The minimum Gasteiger partial charge on any atom is -0.481 e. The Balaban J connectivity index is 2.06. The number of hydrogen-bond donors (Lipinski definition) is 1. The lowest BCUT2D eigenvalue weighted by atomic mass is 10.1. The molecule has 1 aromatic heterocycles. The van der Waals surface area contributed by atoms with Crippen LogP contribution in [0.25, 0.3) is 5.69 Å². The number of carboxylic acid groups (broad SMARTS) is 1. The third kappa shape index (κ3) is 4.45. The quantitative estimate of drug-likeness (QED) is 0.753. The Morgan fingerprint density at radius 3 is 2.58 bits per heavy atom. The number of hydrogen-bond acceptors (Lipinski definition) is 3. The van der Waals surface area contributed by atoms with E-state index in [0.717, 1.165) is 37.3 Å². The predicted molar refractivity (Wildman–Crippen MR) is 95.6 cm³/mol. The van der Waals surface area contributed by atoms with Crippen LogP contribution in [-0.2, 0) is 11.3 Å². The van der Waals surface area contributed by atoms with Gasteiger partial charge >= 0.3 is 5.97 Å². The molecule has 1 heterocycles. The Bertz CT molecular complexity index is 707. The van der Waals surface area contributed by atoms with Gasteiger partial charge in [-0.1, -0.05) is 18.2 Å². The first-order chi connectivity index (χ1) is 11.4. The van der Waals surface area contributed by atoms with Crippen LogP contribution >= 0.6 is 0 Å². The van der Waals surface area contributed by atoms with E-state index in [2.05, 4.69) is 44.9 Å². The number of rotatable bonds is 8. The number of aliphatic carboxylic acids is 1. The molecule has 24 heavy (non-hydrogen) atoms. The van der Waals surface area contributed by atoms with Gasteiger partial charge in [-0.25, -0.2) is 4.68 Å². The lowest BCUT2D eigenvalue weighted by molar-refractivity contribution is -0.137. The Labute approximate surface area is 143 Å². The Kier molecular flexibility index (Phi) is 6.15. The van der Waals surface area contributed by atoms with Crippen molar-refractivity contribution >= 4 is 5.97 Å². The summed E-state index contributed by atoms with van der Waals surface area (Å²) in [5, 5.41) is 13.4. The zero-order valence-electron chi connectivity index (χ0n) is 15.0. The van der Waals surface area contributed by atoms with Crippen molar-refractivity contribution in [2.75, 3.05) is 13.6 Å². The topological polar surface area (TPSA) is 58.4 Å². The fourth-order valence-corrected chi connectivity index (χ4v) is 2.95. The number of carboxylic acids is 1. The van der Waals surface area contributed by atoms with Gasteiger partial charge in [-0.15, -0.1) is 0 Å². The normalized spacial score (nSPS) is 11.2. The third-order valence-electron chi connectivity index (χ3n) is 4.39. The summed E-state index contributed by atoms with van der Waals surface area (Å²) in [5.74, 6) is -0.719. The van der Waals surface area contributed by atoms with Crippen molar-refractivity contribution in [1.82, 2.24) is 14.7 Å². The molecular formula is C19H27N3O2. The van der Waals surface area contributed by atoms with Gasteiger partial charge in [-0.05, 0) is 58.8 Å². The van der Waals surface area contributed by atoms with Crippen LogP contribution in [0.4, 0.5) is 0 Å². The lowest BCUT2D eigenvalue weighted by Gasteiger charge is -2.17. The molecule has 1 N–H and O–H groups in total. The first-order valence-corrected chi connectivity index (χ1v) is 8.41. The molecule has 0 bridgehead atoms. The molecule has 0 saturated heterocycles. The van der Waals surface area contributed by atoms with Gasteiger partial charge in [0.05, 0.1) is 11.4 Å². The van der Waals surface area contributed by atoms with E-state index < -0.39 is 5.97 Å². The standard InChI is InChI=1S/C19H27N3O2/c1-14-9-5-6-10-18(14)22-16(3)17(15(2)20-22)13-21(4)12-8-7-11-19(23)24/h5-6,9-10H,7-8,11-13H2,1-4H3,(H,23,24). The molecule has 5 heteroatoms. The van der Waals surface area contributed by atoms with E-state index in [0.29, 0.717) is 0 Å². The molecule has 0 saturated carbocycles. The van der Waals surface area contributed by atoms with Gasteiger partial charge in [0.15, 0.2) is 0 Å². The molecule has 0 amide bonds. The molecule has 0 radical (unpaired) electrons. The monoisotopic (exact) mass is 329 g/mol. The highest BCUT2D eigenvalue weighted by molar-refractivity contribution is 5.66. The molecule has 1 aromatic carbocycles.